The van der Waals surface area contributed by atoms with Crippen LogP contribution < -0.4 is 5.32 Å². The van der Waals surface area contributed by atoms with E-state index in [0.29, 0.717) is 6.04 Å². The molecule has 4 heteroatoms. The maximum atomic E-state index is 4.27. The van der Waals surface area contributed by atoms with Gasteiger partial charge in [-0.05, 0) is 46.6 Å². The van der Waals surface area contributed by atoms with E-state index in [0.717, 1.165) is 23.1 Å². The van der Waals surface area contributed by atoms with E-state index < -0.39 is 0 Å². The Morgan fingerprint density at radius 3 is 2.50 bits per heavy atom. The van der Waals surface area contributed by atoms with E-state index in [2.05, 4.69) is 64.5 Å². The summed E-state index contributed by atoms with van der Waals surface area (Å²) in [6.45, 7) is 5.33. The first kappa shape index (κ1) is 13.3. The molecule has 0 spiro atoms. The van der Waals surface area contributed by atoms with E-state index in [-0.39, 0.29) is 0 Å². The van der Waals surface area contributed by atoms with Gasteiger partial charge in [0.2, 0.25) is 0 Å². The van der Waals surface area contributed by atoms with Crippen molar-refractivity contribution >= 4 is 15.9 Å². The van der Waals surface area contributed by atoms with E-state index in [1.807, 2.05) is 10.9 Å². The molecule has 0 saturated carbocycles. The Hall–Kier alpha value is -1.13. The molecular weight excluding hydrogens is 290 g/mol. The highest BCUT2D eigenvalue weighted by molar-refractivity contribution is 9.10. The maximum Gasteiger partial charge on any atom is 0.0646 e. The van der Waals surface area contributed by atoms with Gasteiger partial charge in [-0.2, -0.15) is 5.10 Å². The van der Waals surface area contributed by atoms with Crippen molar-refractivity contribution < 1.29 is 0 Å². The Labute approximate surface area is 116 Å². The summed E-state index contributed by atoms with van der Waals surface area (Å²) >= 11 is 3.41. The van der Waals surface area contributed by atoms with Crippen molar-refractivity contribution in [2.45, 2.75) is 26.3 Å². The summed E-state index contributed by atoms with van der Waals surface area (Å²) in [5.41, 5.74) is 2.41. The smallest absolute Gasteiger partial charge is 0.0646 e. The molecule has 0 radical (unpaired) electrons. The number of hydrogen-bond donors (Lipinski definition) is 1. The molecule has 96 valence electrons. The van der Waals surface area contributed by atoms with Crippen molar-refractivity contribution in [3.05, 3.63) is 46.7 Å². The third-order valence-corrected chi connectivity index (χ3v) is 3.38. The fourth-order valence-electron chi connectivity index (χ4n) is 2.05. The van der Waals surface area contributed by atoms with Gasteiger partial charge in [0.15, 0.2) is 0 Å². The summed E-state index contributed by atoms with van der Waals surface area (Å²) in [5.74, 6) is 0. The van der Waals surface area contributed by atoms with E-state index in [4.69, 9.17) is 0 Å². The van der Waals surface area contributed by atoms with Crippen LogP contribution in [0, 0.1) is 0 Å². The van der Waals surface area contributed by atoms with Crippen molar-refractivity contribution in [1.29, 1.82) is 0 Å². The average molecular weight is 308 g/mol. The standard InChI is InChI=1S/C14H18BrN3/c1-3-14(16-4-2)11-5-7-13(8-6-11)18-10-12(15)9-17-18/h5-10,14,16H,3-4H2,1-2H3. The van der Waals surface area contributed by atoms with Crippen molar-refractivity contribution in [3.8, 4) is 5.69 Å². The molecule has 3 nitrogen and oxygen atoms in total. The number of rotatable bonds is 5. The van der Waals surface area contributed by atoms with Crippen LogP contribution in [0.25, 0.3) is 5.69 Å². The second-order valence-electron chi connectivity index (χ2n) is 4.21. The molecule has 0 bridgehead atoms. The fraction of sp³-hybridized carbons (Fsp3) is 0.357. The minimum Gasteiger partial charge on any atom is -0.310 e. The first-order valence-electron chi connectivity index (χ1n) is 6.28. The van der Waals surface area contributed by atoms with Gasteiger partial charge in [-0.25, -0.2) is 4.68 Å². The normalized spacial score (nSPS) is 12.6. The molecule has 0 aliphatic rings. The van der Waals surface area contributed by atoms with Gasteiger partial charge < -0.3 is 5.32 Å². The van der Waals surface area contributed by atoms with Crippen LogP contribution in [0.1, 0.15) is 31.9 Å². The lowest BCUT2D eigenvalue weighted by atomic mass is 10.0. The van der Waals surface area contributed by atoms with Crippen molar-refractivity contribution in [2.75, 3.05) is 6.54 Å². The van der Waals surface area contributed by atoms with Gasteiger partial charge in [-0.1, -0.05) is 26.0 Å². The predicted molar refractivity (Wildman–Crippen MR) is 78.0 cm³/mol. The number of benzene rings is 1. The van der Waals surface area contributed by atoms with Crippen molar-refractivity contribution in [3.63, 3.8) is 0 Å². The maximum absolute atomic E-state index is 4.27. The first-order valence-corrected chi connectivity index (χ1v) is 7.07. The van der Waals surface area contributed by atoms with Gasteiger partial charge in [-0.3, -0.25) is 0 Å². The molecule has 1 aromatic carbocycles. The minimum absolute atomic E-state index is 0.438. The molecular formula is C14H18BrN3. The SMILES string of the molecule is CCNC(CC)c1ccc(-n2cc(Br)cn2)cc1. The Morgan fingerprint density at radius 1 is 1.28 bits per heavy atom. The first-order chi connectivity index (χ1) is 8.74. The van der Waals surface area contributed by atoms with Crippen LogP contribution >= 0.6 is 15.9 Å². The highest BCUT2D eigenvalue weighted by atomic mass is 79.9. The van der Waals surface area contributed by atoms with E-state index >= 15 is 0 Å². The number of aromatic nitrogens is 2. The van der Waals surface area contributed by atoms with Crippen LogP contribution in [0.2, 0.25) is 0 Å². The number of halogens is 1. The quantitative estimate of drug-likeness (QED) is 0.913. The molecule has 0 saturated heterocycles. The Morgan fingerprint density at radius 2 is 2.00 bits per heavy atom. The lowest BCUT2D eigenvalue weighted by Crippen LogP contribution is -2.19. The number of hydrogen-bond acceptors (Lipinski definition) is 2. The zero-order valence-corrected chi connectivity index (χ0v) is 12.3. The third kappa shape index (κ3) is 3.00. The zero-order valence-electron chi connectivity index (χ0n) is 10.7. The molecule has 2 aromatic rings. The van der Waals surface area contributed by atoms with Crippen LogP contribution in [-0.2, 0) is 0 Å². The van der Waals surface area contributed by atoms with E-state index in [9.17, 15) is 0 Å². The van der Waals surface area contributed by atoms with Crippen molar-refractivity contribution in [1.82, 2.24) is 15.1 Å². The molecule has 1 heterocycles. The Balaban J connectivity index is 2.19. The van der Waals surface area contributed by atoms with Crippen molar-refractivity contribution in [2.24, 2.45) is 0 Å². The summed E-state index contributed by atoms with van der Waals surface area (Å²) in [7, 11) is 0. The molecule has 1 atom stereocenters. The highest BCUT2D eigenvalue weighted by Gasteiger charge is 2.07. The molecule has 0 aliphatic carbocycles. The monoisotopic (exact) mass is 307 g/mol. The molecule has 1 N–H and O–H groups in total. The van der Waals surface area contributed by atoms with Crippen LogP contribution in [0.3, 0.4) is 0 Å². The average Bonchev–Trinajstić information content (AvgIpc) is 2.83. The minimum atomic E-state index is 0.438. The number of nitrogens with zero attached hydrogens (tertiary/aromatic N) is 2. The zero-order chi connectivity index (χ0) is 13.0. The third-order valence-electron chi connectivity index (χ3n) is 2.97. The molecule has 1 unspecified atom stereocenters. The lowest BCUT2D eigenvalue weighted by molar-refractivity contribution is 0.537. The van der Waals surface area contributed by atoms with E-state index in [1.54, 1.807) is 6.20 Å². The topological polar surface area (TPSA) is 29.9 Å². The summed E-state index contributed by atoms with van der Waals surface area (Å²) in [4.78, 5) is 0. The van der Waals surface area contributed by atoms with Crippen LogP contribution in [-0.4, -0.2) is 16.3 Å². The van der Waals surface area contributed by atoms with Gasteiger partial charge in [0, 0.05) is 12.2 Å². The molecule has 18 heavy (non-hydrogen) atoms. The fourth-order valence-corrected chi connectivity index (χ4v) is 2.33. The van der Waals surface area contributed by atoms with E-state index in [1.165, 1.54) is 5.56 Å². The largest absolute Gasteiger partial charge is 0.310 e. The summed E-state index contributed by atoms with van der Waals surface area (Å²) in [5, 5.41) is 7.75. The van der Waals surface area contributed by atoms with Crippen LogP contribution in [0.5, 0.6) is 0 Å². The summed E-state index contributed by atoms with van der Waals surface area (Å²) in [6.07, 6.45) is 4.85. The predicted octanol–water partition coefficient (Wildman–Crippen LogP) is 3.70. The molecule has 0 aliphatic heterocycles. The Bertz CT molecular complexity index is 490. The molecule has 0 fully saturated rings. The van der Waals surface area contributed by atoms with Crippen LogP contribution in [0.4, 0.5) is 0 Å². The summed E-state index contributed by atoms with van der Waals surface area (Å²) < 4.78 is 2.85. The summed E-state index contributed by atoms with van der Waals surface area (Å²) in [6, 6.07) is 8.99. The van der Waals surface area contributed by atoms with Gasteiger partial charge in [0.25, 0.3) is 0 Å². The van der Waals surface area contributed by atoms with Gasteiger partial charge in [0.1, 0.15) is 0 Å². The molecule has 1 aromatic heterocycles. The highest BCUT2D eigenvalue weighted by Crippen LogP contribution is 2.19. The molecule has 0 amide bonds. The second kappa shape index (κ2) is 6.16. The van der Waals surface area contributed by atoms with Crippen LogP contribution in [0.15, 0.2) is 41.1 Å². The Kier molecular flexibility index (Phi) is 4.55. The number of nitrogens with one attached hydrogen (secondary N) is 1. The van der Waals surface area contributed by atoms with Gasteiger partial charge >= 0.3 is 0 Å². The second-order valence-corrected chi connectivity index (χ2v) is 5.13. The van der Waals surface area contributed by atoms with Gasteiger partial charge in [-0.15, -0.1) is 0 Å². The lowest BCUT2D eigenvalue weighted by Gasteiger charge is -2.16. The van der Waals surface area contributed by atoms with Gasteiger partial charge in [0.05, 0.1) is 16.4 Å². The molecule has 2 rings (SSSR count).